The molecule has 0 aliphatic heterocycles. The van der Waals surface area contributed by atoms with E-state index in [1.54, 1.807) is 0 Å². The van der Waals surface area contributed by atoms with Gasteiger partial charge in [-0.15, -0.1) is 6.58 Å². The van der Waals surface area contributed by atoms with Crippen LogP contribution in [0.2, 0.25) is 0 Å². The Bertz CT molecular complexity index is 897. The highest BCUT2D eigenvalue weighted by Gasteiger charge is 2.29. The molecule has 0 aliphatic rings. The van der Waals surface area contributed by atoms with Gasteiger partial charge in [0.05, 0.1) is 0 Å². The van der Waals surface area contributed by atoms with E-state index in [1.807, 2.05) is 66.7 Å². The molecule has 1 N–H and O–H groups in total. The summed E-state index contributed by atoms with van der Waals surface area (Å²) in [6.07, 6.45) is 9.39. The van der Waals surface area contributed by atoms with Gasteiger partial charge < -0.3 is 0 Å². The van der Waals surface area contributed by atoms with Crippen molar-refractivity contribution >= 4 is 17.9 Å². The standard InChI is InChI=1S/C28H34NOP/c1-2-3-7-19-26(20-15-14-18-25-16-8-4-9-17-25)29-31(30,27-21-10-5-11-22-27)28-23-12-6-13-24-28/h2,4-6,8-13,16-17,21-24,26H,1,3,7,14-15,18-20H2,(H,29,30)/t26-/m1/s1. The molecule has 31 heavy (non-hydrogen) atoms. The number of unbranched alkanes of at least 4 members (excludes halogenated alkanes) is 2. The molecule has 2 nitrogen and oxygen atoms in total. The molecule has 0 bridgehead atoms. The number of benzene rings is 3. The summed E-state index contributed by atoms with van der Waals surface area (Å²) in [5.41, 5.74) is 1.39. The summed E-state index contributed by atoms with van der Waals surface area (Å²) in [4.78, 5) is 0. The van der Waals surface area contributed by atoms with Crippen molar-refractivity contribution < 1.29 is 4.57 Å². The number of aryl methyl sites for hydroxylation is 1. The molecule has 3 aromatic rings. The van der Waals surface area contributed by atoms with Crippen LogP contribution in [0.1, 0.15) is 44.1 Å². The third-order valence-electron chi connectivity index (χ3n) is 5.68. The minimum absolute atomic E-state index is 0.210. The fraction of sp³-hybridized carbons (Fsp3) is 0.286. The number of rotatable bonds is 13. The van der Waals surface area contributed by atoms with E-state index in [0.717, 1.165) is 55.6 Å². The Labute approximate surface area is 187 Å². The summed E-state index contributed by atoms with van der Waals surface area (Å²) >= 11 is 0. The van der Waals surface area contributed by atoms with Gasteiger partial charge >= 0.3 is 0 Å². The highest BCUT2D eigenvalue weighted by molar-refractivity contribution is 7.76. The normalized spacial score (nSPS) is 12.4. The lowest BCUT2D eigenvalue weighted by Gasteiger charge is -2.27. The molecule has 3 heteroatoms. The van der Waals surface area contributed by atoms with Gasteiger partial charge in [0.1, 0.15) is 0 Å². The molecule has 0 spiro atoms. The van der Waals surface area contributed by atoms with Crippen LogP contribution >= 0.6 is 7.29 Å². The molecule has 0 fully saturated rings. The van der Waals surface area contributed by atoms with Gasteiger partial charge in [-0.1, -0.05) is 79.2 Å². The lowest BCUT2D eigenvalue weighted by atomic mass is 10.0. The zero-order valence-electron chi connectivity index (χ0n) is 18.3. The summed E-state index contributed by atoms with van der Waals surface area (Å²) in [6, 6.07) is 30.6. The second kappa shape index (κ2) is 12.4. The van der Waals surface area contributed by atoms with Crippen molar-refractivity contribution in [3.63, 3.8) is 0 Å². The average molecular weight is 432 g/mol. The third kappa shape index (κ3) is 7.06. The summed E-state index contributed by atoms with van der Waals surface area (Å²) in [5.74, 6) is 0. The van der Waals surface area contributed by atoms with Gasteiger partial charge in [0.2, 0.25) is 7.29 Å². The van der Waals surface area contributed by atoms with Crippen LogP contribution in [0.4, 0.5) is 0 Å². The van der Waals surface area contributed by atoms with Crippen molar-refractivity contribution in [2.75, 3.05) is 0 Å². The van der Waals surface area contributed by atoms with Crippen molar-refractivity contribution in [1.82, 2.24) is 5.09 Å². The molecule has 0 amide bonds. The molecule has 3 rings (SSSR count). The molecule has 0 saturated heterocycles. The smallest absolute Gasteiger partial charge is 0.204 e. The Morgan fingerprint density at radius 1 is 0.742 bits per heavy atom. The summed E-state index contributed by atoms with van der Waals surface area (Å²) in [6.45, 7) is 3.86. The predicted octanol–water partition coefficient (Wildman–Crippen LogP) is 6.64. The van der Waals surface area contributed by atoms with Crippen molar-refractivity contribution in [1.29, 1.82) is 0 Å². The number of allylic oxidation sites excluding steroid dienone is 1. The Kier molecular flexibility index (Phi) is 9.34. The summed E-state index contributed by atoms with van der Waals surface area (Å²) in [7, 11) is -2.91. The van der Waals surface area contributed by atoms with E-state index in [2.05, 4.69) is 42.0 Å². The maximum atomic E-state index is 14.4. The van der Waals surface area contributed by atoms with Crippen LogP contribution in [-0.4, -0.2) is 6.04 Å². The van der Waals surface area contributed by atoms with Gasteiger partial charge in [-0.2, -0.15) is 0 Å². The van der Waals surface area contributed by atoms with Gasteiger partial charge in [0, 0.05) is 16.7 Å². The second-order valence-electron chi connectivity index (χ2n) is 8.06. The van der Waals surface area contributed by atoms with Crippen molar-refractivity contribution in [3.8, 4) is 0 Å². The van der Waals surface area contributed by atoms with Gasteiger partial charge in [0.15, 0.2) is 0 Å². The summed E-state index contributed by atoms with van der Waals surface area (Å²) < 4.78 is 14.4. The minimum Gasteiger partial charge on any atom is -0.297 e. The van der Waals surface area contributed by atoms with Crippen LogP contribution in [0.25, 0.3) is 0 Å². The molecular weight excluding hydrogens is 397 g/mol. The van der Waals surface area contributed by atoms with Gasteiger partial charge in [0.25, 0.3) is 0 Å². The molecule has 1 atom stereocenters. The Morgan fingerprint density at radius 3 is 1.81 bits per heavy atom. The zero-order valence-corrected chi connectivity index (χ0v) is 19.2. The molecule has 162 valence electrons. The van der Waals surface area contributed by atoms with E-state index >= 15 is 0 Å². The maximum absolute atomic E-state index is 14.4. The molecule has 0 saturated carbocycles. The van der Waals surface area contributed by atoms with Crippen LogP contribution < -0.4 is 15.7 Å². The lowest BCUT2D eigenvalue weighted by Crippen LogP contribution is -2.35. The van der Waals surface area contributed by atoms with E-state index < -0.39 is 7.29 Å². The highest BCUT2D eigenvalue weighted by Crippen LogP contribution is 2.40. The van der Waals surface area contributed by atoms with E-state index in [1.165, 1.54) is 5.56 Å². The van der Waals surface area contributed by atoms with Crippen LogP contribution in [0, 0.1) is 0 Å². The van der Waals surface area contributed by atoms with Crippen LogP contribution in [0.5, 0.6) is 0 Å². The first-order chi connectivity index (χ1) is 15.2. The first kappa shape index (κ1) is 23.3. The summed E-state index contributed by atoms with van der Waals surface area (Å²) in [5, 5.41) is 5.39. The third-order valence-corrected chi connectivity index (χ3v) is 8.46. The Hall–Kier alpha value is -2.41. The van der Waals surface area contributed by atoms with Gasteiger partial charge in [-0.25, -0.2) is 0 Å². The molecule has 3 aromatic carbocycles. The Balaban J connectivity index is 1.72. The highest BCUT2D eigenvalue weighted by atomic mass is 31.2. The van der Waals surface area contributed by atoms with E-state index in [0.29, 0.717) is 0 Å². The van der Waals surface area contributed by atoms with Gasteiger partial charge in [-0.3, -0.25) is 9.65 Å². The van der Waals surface area contributed by atoms with E-state index in [9.17, 15) is 4.57 Å². The van der Waals surface area contributed by atoms with Crippen molar-refractivity contribution in [3.05, 3.63) is 109 Å². The molecule has 0 unspecified atom stereocenters. The first-order valence-electron chi connectivity index (χ1n) is 11.4. The number of hydrogen-bond donors (Lipinski definition) is 1. The zero-order chi connectivity index (χ0) is 21.8. The lowest BCUT2D eigenvalue weighted by molar-refractivity contribution is 0.477. The fourth-order valence-electron chi connectivity index (χ4n) is 3.98. The molecule has 0 aliphatic carbocycles. The maximum Gasteiger partial charge on any atom is 0.204 e. The first-order valence-corrected chi connectivity index (χ1v) is 13.1. The fourth-order valence-corrected chi connectivity index (χ4v) is 6.53. The van der Waals surface area contributed by atoms with Crippen LogP contribution in [0.15, 0.2) is 104 Å². The predicted molar refractivity (Wildman–Crippen MR) is 135 cm³/mol. The van der Waals surface area contributed by atoms with Crippen LogP contribution in [0.3, 0.4) is 0 Å². The average Bonchev–Trinajstić information content (AvgIpc) is 2.83. The number of nitrogens with one attached hydrogen (secondary N) is 1. The largest absolute Gasteiger partial charge is 0.297 e. The quantitative estimate of drug-likeness (QED) is 0.187. The monoisotopic (exact) mass is 431 g/mol. The van der Waals surface area contributed by atoms with E-state index in [-0.39, 0.29) is 6.04 Å². The SMILES string of the molecule is C=CCCC[C@H](CCCCc1ccccc1)NP(=O)(c1ccccc1)c1ccccc1. The van der Waals surface area contributed by atoms with Gasteiger partial charge in [-0.05, 0) is 68.4 Å². The molecule has 0 radical (unpaired) electrons. The van der Waals surface area contributed by atoms with E-state index in [4.69, 9.17) is 0 Å². The topological polar surface area (TPSA) is 29.1 Å². The second-order valence-corrected chi connectivity index (χ2v) is 10.6. The van der Waals surface area contributed by atoms with Crippen molar-refractivity contribution in [2.45, 2.75) is 51.0 Å². The Morgan fingerprint density at radius 2 is 1.26 bits per heavy atom. The number of hydrogen-bond acceptors (Lipinski definition) is 1. The molecule has 0 heterocycles. The molecule has 0 aromatic heterocycles. The van der Waals surface area contributed by atoms with Crippen LogP contribution in [-0.2, 0) is 11.0 Å². The minimum atomic E-state index is -2.91. The molecular formula is C28H34NOP. The van der Waals surface area contributed by atoms with Crippen molar-refractivity contribution in [2.24, 2.45) is 0 Å².